The predicted octanol–water partition coefficient (Wildman–Crippen LogP) is 3.72. The molecule has 10 heteroatoms. The van der Waals surface area contributed by atoms with Gasteiger partial charge >= 0.3 is 0 Å². The number of unbranched alkanes of at least 4 members (excludes halogenated alkanes) is 1. The lowest BCUT2D eigenvalue weighted by Crippen LogP contribution is -2.49. The summed E-state index contributed by atoms with van der Waals surface area (Å²) in [5, 5.41) is 3.69. The van der Waals surface area contributed by atoms with E-state index in [-0.39, 0.29) is 30.0 Å². The van der Waals surface area contributed by atoms with Crippen molar-refractivity contribution in [3.05, 3.63) is 40.6 Å². The molecule has 10 nitrogen and oxygen atoms in total. The topological polar surface area (TPSA) is 141 Å². The number of ketones is 1. The minimum atomic E-state index is -0.140. The molecular formula is C31H52N8O2. The summed E-state index contributed by atoms with van der Waals surface area (Å²) < 4.78 is 0. The van der Waals surface area contributed by atoms with Gasteiger partial charge in [0.15, 0.2) is 5.78 Å². The van der Waals surface area contributed by atoms with E-state index in [0.717, 1.165) is 43.4 Å². The van der Waals surface area contributed by atoms with E-state index in [4.69, 9.17) is 11.5 Å². The second-order valence-corrected chi connectivity index (χ2v) is 10.9. The molecule has 2 fully saturated rings. The zero-order valence-electron chi connectivity index (χ0n) is 25.8. The summed E-state index contributed by atoms with van der Waals surface area (Å²) >= 11 is 0. The summed E-state index contributed by atoms with van der Waals surface area (Å²) in [6, 6.07) is 6.85. The van der Waals surface area contributed by atoms with E-state index in [1.54, 1.807) is 4.90 Å². The first-order valence-corrected chi connectivity index (χ1v) is 15.1. The molecule has 6 N–H and O–H groups in total. The lowest BCUT2D eigenvalue weighted by Gasteiger charge is -2.32. The number of aliphatic imine (C=N–C) groups is 1. The standard InChI is InChI=1S/C16H27N7O2.C15H25N/c1-11(24)9-19-14-4-2-3-13(14)15(18)16(25)23-7-5-12(6-8-23)21-22-20-10-17;1-5-7-12-16(11-6-2)15-10-8-9-13(3)14(15)4/h10,12,21-22H,2-9,18H2,1H3,(H2,17,20);8-10H,5-7,11-12H2,1-4H3/b15-13-,19-14?;. The van der Waals surface area contributed by atoms with Gasteiger partial charge in [0, 0.05) is 49.2 Å². The highest BCUT2D eigenvalue weighted by molar-refractivity contribution is 6.09. The number of anilines is 1. The molecule has 3 rings (SSSR count). The molecule has 0 aromatic heterocycles. The van der Waals surface area contributed by atoms with Crippen molar-refractivity contribution in [1.29, 1.82) is 0 Å². The van der Waals surface area contributed by atoms with E-state index < -0.39 is 0 Å². The average molecular weight is 569 g/mol. The third-order valence-corrected chi connectivity index (χ3v) is 7.62. The highest BCUT2D eigenvalue weighted by atomic mass is 16.2. The number of carbonyl (C=O) groups is 2. The van der Waals surface area contributed by atoms with Crippen molar-refractivity contribution in [2.24, 2.45) is 21.6 Å². The van der Waals surface area contributed by atoms with E-state index >= 15 is 0 Å². The van der Waals surface area contributed by atoms with Crippen molar-refractivity contribution in [3.8, 4) is 0 Å². The highest BCUT2D eigenvalue weighted by Gasteiger charge is 2.28. The van der Waals surface area contributed by atoms with Crippen molar-refractivity contribution in [1.82, 2.24) is 15.9 Å². The number of hydrogen-bond acceptors (Lipinski definition) is 8. The minimum absolute atomic E-state index is 0.00537. The largest absolute Gasteiger partial charge is 0.394 e. The summed E-state index contributed by atoms with van der Waals surface area (Å²) in [4.78, 5) is 32.4. The van der Waals surface area contributed by atoms with Crippen LogP contribution in [0.4, 0.5) is 5.69 Å². The quantitative estimate of drug-likeness (QED) is 0.130. The second kappa shape index (κ2) is 18.1. The first-order valence-electron chi connectivity index (χ1n) is 15.1. The van der Waals surface area contributed by atoms with Crippen LogP contribution in [0.2, 0.25) is 0 Å². The molecule has 228 valence electrons. The fourth-order valence-corrected chi connectivity index (χ4v) is 5.14. The molecular weight excluding hydrogens is 516 g/mol. The minimum Gasteiger partial charge on any atom is -0.394 e. The Hall–Kier alpha value is -3.40. The molecule has 1 amide bonds. The van der Waals surface area contributed by atoms with Crippen LogP contribution in [0.3, 0.4) is 0 Å². The Morgan fingerprint density at radius 3 is 2.49 bits per heavy atom. The van der Waals surface area contributed by atoms with Gasteiger partial charge in [-0.25, -0.2) is 11.0 Å². The Morgan fingerprint density at radius 1 is 1.12 bits per heavy atom. The number of hydrazone groups is 1. The third-order valence-electron chi connectivity index (χ3n) is 7.62. The zero-order chi connectivity index (χ0) is 30.2. The lowest BCUT2D eigenvalue weighted by atomic mass is 10.0. The first kappa shape index (κ1) is 33.8. The summed E-state index contributed by atoms with van der Waals surface area (Å²) in [6.07, 6.45) is 8.98. The van der Waals surface area contributed by atoms with Gasteiger partial charge in [0.1, 0.15) is 12.0 Å². The van der Waals surface area contributed by atoms with Gasteiger partial charge in [0.05, 0.1) is 6.54 Å². The fourth-order valence-electron chi connectivity index (χ4n) is 5.14. The Morgan fingerprint density at radius 2 is 1.85 bits per heavy atom. The second-order valence-electron chi connectivity index (χ2n) is 10.9. The zero-order valence-corrected chi connectivity index (χ0v) is 25.8. The van der Waals surface area contributed by atoms with Crippen molar-refractivity contribution in [2.45, 2.75) is 92.0 Å². The Bertz CT molecular complexity index is 1070. The highest BCUT2D eigenvalue weighted by Crippen LogP contribution is 2.25. The van der Waals surface area contributed by atoms with Crippen molar-refractivity contribution in [3.63, 3.8) is 0 Å². The molecule has 0 atom stereocenters. The molecule has 1 aromatic carbocycles. The molecule has 1 saturated heterocycles. The van der Waals surface area contributed by atoms with Gasteiger partial charge in [-0.15, -0.1) is 0 Å². The van der Waals surface area contributed by atoms with Gasteiger partial charge in [-0.05, 0) is 82.9 Å². The monoisotopic (exact) mass is 568 g/mol. The number of nitrogens with two attached hydrogens (primary N) is 2. The van der Waals surface area contributed by atoms with E-state index in [0.29, 0.717) is 13.1 Å². The van der Waals surface area contributed by atoms with Crippen LogP contribution in [0.25, 0.3) is 0 Å². The molecule has 1 aliphatic heterocycles. The first-order chi connectivity index (χ1) is 19.7. The molecule has 0 radical (unpaired) electrons. The van der Waals surface area contributed by atoms with Crippen LogP contribution in [0, 0.1) is 13.8 Å². The molecule has 0 bridgehead atoms. The molecule has 1 heterocycles. The third kappa shape index (κ3) is 10.8. The van der Waals surface area contributed by atoms with Gasteiger partial charge in [-0.1, -0.05) is 32.4 Å². The van der Waals surface area contributed by atoms with Crippen molar-refractivity contribution in [2.75, 3.05) is 37.6 Å². The molecule has 2 aliphatic rings. The fraction of sp³-hybridized carbons (Fsp3) is 0.613. The maximum atomic E-state index is 12.7. The average Bonchev–Trinajstić information content (AvgIpc) is 3.44. The number of amides is 1. The number of benzene rings is 1. The number of rotatable bonds is 12. The summed E-state index contributed by atoms with van der Waals surface area (Å²) in [6.45, 7) is 14.2. The van der Waals surface area contributed by atoms with E-state index in [1.165, 1.54) is 62.4 Å². The number of hydrogen-bond donors (Lipinski definition) is 4. The van der Waals surface area contributed by atoms with Gasteiger partial charge in [-0.2, -0.15) is 5.10 Å². The van der Waals surface area contributed by atoms with Gasteiger partial charge in [-0.3, -0.25) is 14.6 Å². The van der Waals surface area contributed by atoms with Crippen LogP contribution in [0.5, 0.6) is 0 Å². The molecule has 0 spiro atoms. The van der Waals surface area contributed by atoms with Crippen LogP contribution >= 0.6 is 0 Å². The number of nitrogens with zero attached hydrogens (tertiary/aromatic N) is 4. The van der Waals surface area contributed by atoms with Gasteiger partial charge in [0.2, 0.25) is 0 Å². The summed E-state index contributed by atoms with van der Waals surface area (Å²) in [5.41, 5.74) is 23.2. The number of Topliss-reactive ketones (excluding diaryl/α,β-unsaturated/α-hetero) is 1. The smallest absolute Gasteiger partial charge is 0.270 e. The van der Waals surface area contributed by atoms with Crippen LogP contribution in [0.15, 0.2) is 39.6 Å². The van der Waals surface area contributed by atoms with E-state index in [1.807, 2.05) is 0 Å². The SMILES string of the molecule is CC(=O)CN=C1CCC/C1=C(/N)C(=O)N1CCC(NN/N=C\N)CC1.CCCCN(CCC)c1cccc(C)c1C. The van der Waals surface area contributed by atoms with Crippen LogP contribution in [0.1, 0.15) is 83.3 Å². The Balaban J connectivity index is 0.000000317. The lowest BCUT2D eigenvalue weighted by molar-refractivity contribution is -0.128. The normalized spacial score (nSPS) is 17.9. The summed E-state index contributed by atoms with van der Waals surface area (Å²) in [7, 11) is 0. The predicted molar refractivity (Wildman–Crippen MR) is 170 cm³/mol. The van der Waals surface area contributed by atoms with Gasteiger partial charge in [0.25, 0.3) is 5.91 Å². The molecule has 0 unspecified atom stereocenters. The number of likely N-dealkylation sites (tertiary alicyclic amines) is 1. The number of carbonyl (C=O) groups excluding carboxylic acids is 2. The van der Waals surface area contributed by atoms with Crippen molar-refractivity contribution >= 4 is 29.4 Å². The number of nitrogens with one attached hydrogen (secondary N) is 2. The maximum absolute atomic E-state index is 12.7. The van der Waals surface area contributed by atoms with Crippen LogP contribution < -0.4 is 27.3 Å². The van der Waals surface area contributed by atoms with E-state index in [2.05, 4.69) is 71.8 Å². The maximum Gasteiger partial charge on any atom is 0.270 e. The number of aryl methyl sites for hydroxylation is 1. The molecule has 41 heavy (non-hydrogen) atoms. The Labute approximate surface area is 246 Å². The Kier molecular flexibility index (Phi) is 14.9. The van der Waals surface area contributed by atoms with Crippen LogP contribution in [-0.2, 0) is 9.59 Å². The van der Waals surface area contributed by atoms with Crippen LogP contribution in [-0.4, -0.2) is 67.4 Å². The van der Waals surface area contributed by atoms with Crippen molar-refractivity contribution < 1.29 is 9.59 Å². The molecule has 1 saturated carbocycles. The number of allylic oxidation sites excluding steroid dienone is 1. The number of hydrazine groups is 1. The summed E-state index contributed by atoms with van der Waals surface area (Å²) in [5.74, 6) is -0.135. The molecule has 1 aliphatic carbocycles. The molecule has 1 aromatic rings. The van der Waals surface area contributed by atoms with Gasteiger partial charge < -0.3 is 21.3 Å². The van der Waals surface area contributed by atoms with E-state index in [9.17, 15) is 9.59 Å². The number of piperidine rings is 1.